The summed E-state index contributed by atoms with van der Waals surface area (Å²) in [6.45, 7) is 0.371. The van der Waals surface area contributed by atoms with Gasteiger partial charge in [-0.1, -0.05) is 18.2 Å². The summed E-state index contributed by atoms with van der Waals surface area (Å²) in [6, 6.07) is 8.28. The number of carbonyl (C=O) groups excluding carboxylic acids is 2. The minimum atomic E-state index is -3.62. The summed E-state index contributed by atoms with van der Waals surface area (Å²) in [7, 11) is -3.62. The Morgan fingerprint density at radius 2 is 1.96 bits per heavy atom. The molecule has 1 aliphatic heterocycles. The van der Waals surface area contributed by atoms with Crippen LogP contribution in [0.1, 0.15) is 12.8 Å². The van der Waals surface area contributed by atoms with E-state index in [2.05, 4.69) is 10.6 Å². The number of thiophene rings is 1. The van der Waals surface area contributed by atoms with E-state index in [0.29, 0.717) is 19.4 Å². The van der Waals surface area contributed by atoms with Crippen molar-refractivity contribution in [2.24, 2.45) is 0 Å². The number of sulfonamides is 1. The molecule has 2 aromatic rings. The van der Waals surface area contributed by atoms with Gasteiger partial charge in [0.1, 0.15) is 10.0 Å². The zero-order valence-corrected chi connectivity index (χ0v) is 15.9. The van der Waals surface area contributed by atoms with Crippen molar-refractivity contribution in [1.82, 2.24) is 9.62 Å². The first-order chi connectivity index (χ1) is 12.9. The van der Waals surface area contributed by atoms with E-state index in [0.717, 1.165) is 11.3 Å². The normalized spacial score (nSPS) is 17.6. The third kappa shape index (κ3) is 4.34. The number of benzene rings is 1. The number of para-hydroxylation sites is 1. The Hall–Kier alpha value is -2.30. The van der Waals surface area contributed by atoms with E-state index in [1.54, 1.807) is 11.4 Å². The molecule has 1 saturated heterocycles. The summed E-state index contributed by atoms with van der Waals surface area (Å²) in [5, 5.41) is 6.32. The fourth-order valence-corrected chi connectivity index (χ4v) is 5.70. The lowest BCUT2D eigenvalue weighted by Gasteiger charge is -2.23. The Kier molecular flexibility index (Phi) is 5.88. The van der Waals surface area contributed by atoms with Gasteiger partial charge < -0.3 is 10.6 Å². The molecule has 10 heteroatoms. The number of halogens is 1. The number of amides is 2. The molecule has 3 rings (SSSR count). The average molecular weight is 411 g/mol. The van der Waals surface area contributed by atoms with Crippen LogP contribution in [0.15, 0.2) is 46.0 Å². The van der Waals surface area contributed by atoms with Gasteiger partial charge in [-0.25, -0.2) is 12.8 Å². The fraction of sp³-hybridized carbons (Fsp3) is 0.294. The largest absolute Gasteiger partial charge is 0.346 e. The van der Waals surface area contributed by atoms with E-state index in [9.17, 15) is 22.4 Å². The van der Waals surface area contributed by atoms with Crippen molar-refractivity contribution in [1.29, 1.82) is 0 Å². The SMILES string of the molecule is O=C(NC[C@H]1CCCN1S(=O)(=O)c1cccs1)C(=O)Nc1ccccc1F. The predicted molar refractivity (Wildman–Crippen MR) is 99.3 cm³/mol. The van der Waals surface area contributed by atoms with Crippen LogP contribution in [0.25, 0.3) is 0 Å². The lowest BCUT2D eigenvalue weighted by molar-refractivity contribution is -0.136. The highest BCUT2D eigenvalue weighted by molar-refractivity contribution is 7.91. The molecule has 0 bridgehead atoms. The molecule has 1 atom stereocenters. The topological polar surface area (TPSA) is 95.6 Å². The highest BCUT2D eigenvalue weighted by Crippen LogP contribution is 2.28. The molecule has 27 heavy (non-hydrogen) atoms. The molecule has 0 aliphatic carbocycles. The van der Waals surface area contributed by atoms with Gasteiger partial charge in [0.25, 0.3) is 10.0 Å². The smallest absolute Gasteiger partial charge is 0.313 e. The Balaban J connectivity index is 1.59. The molecule has 0 spiro atoms. The number of nitrogens with zero attached hydrogens (tertiary/aromatic N) is 1. The van der Waals surface area contributed by atoms with E-state index in [1.807, 2.05) is 0 Å². The van der Waals surface area contributed by atoms with Crippen molar-refractivity contribution in [3.8, 4) is 0 Å². The van der Waals surface area contributed by atoms with Crippen LogP contribution < -0.4 is 10.6 Å². The van der Waals surface area contributed by atoms with Gasteiger partial charge in [-0.15, -0.1) is 11.3 Å². The monoisotopic (exact) mass is 411 g/mol. The van der Waals surface area contributed by atoms with Crippen LogP contribution in [0.3, 0.4) is 0 Å². The first-order valence-corrected chi connectivity index (χ1v) is 10.6. The minimum Gasteiger partial charge on any atom is -0.346 e. The molecule has 144 valence electrons. The maximum Gasteiger partial charge on any atom is 0.313 e. The fourth-order valence-electron chi connectivity index (χ4n) is 2.89. The Bertz CT molecular complexity index is 931. The van der Waals surface area contributed by atoms with Crippen LogP contribution in [0.5, 0.6) is 0 Å². The van der Waals surface area contributed by atoms with Crippen LogP contribution in [-0.2, 0) is 19.6 Å². The van der Waals surface area contributed by atoms with Gasteiger partial charge in [0, 0.05) is 19.1 Å². The minimum absolute atomic E-state index is 0.00807. The van der Waals surface area contributed by atoms with Crippen LogP contribution in [0.2, 0.25) is 0 Å². The lowest BCUT2D eigenvalue weighted by atomic mass is 10.2. The van der Waals surface area contributed by atoms with Gasteiger partial charge in [-0.05, 0) is 36.4 Å². The Labute approximate surface area is 160 Å². The maximum absolute atomic E-state index is 13.5. The van der Waals surface area contributed by atoms with E-state index in [4.69, 9.17) is 0 Å². The molecule has 1 aromatic heterocycles. The number of anilines is 1. The van der Waals surface area contributed by atoms with Crippen molar-refractivity contribution in [2.75, 3.05) is 18.4 Å². The molecule has 7 nitrogen and oxygen atoms in total. The van der Waals surface area contributed by atoms with Crippen molar-refractivity contribution in [3.63, 3.8) is 0 Å². The summed E-state index contributed by atoms with van der Waals surface area (Å²) in [6.07, 6.45) is 1.26. The second kappa shape index (κ2) is 8.15. The zero-order valence-electron chi connectivity index (χ0n) is 14.2. The van der Waals surface area contributed by atoms with Crippen molar-refractivity contribution >= 4 is 38.9 Å². The van der Waals surface area contributed by atoms with Crippen LogP contribution in [-0.4, -0.2) is 43.7 Å². The average Bonchev–Trinajstić information content (AvgIpc) is 3.33. The number of hydrogen-bond acceptors (Lipinski definition) is 5. The highest BCUT2D eigenvalue weighted by Gasteiger charge is 2.36. The number of rotatable bonds is 5. The molecular formula is C17H18FN3O4S2. The van der Waals surface area contributed by atoms with Gasteiger partial charge >= 0.3 is 11.8 Å². The summed E-state index contributed by atoms with van der Waals surface area (Å²) in [4.78, 5) is 23.9. The number of nitrogens with one attached hydrogen (secondary N) is 2. The van der Waals surface area contributed by atoms with Gasteiger partial charge in [-0.3, -0.25) is 9.59 Å². The summed E-state index contributed by atoms with van der Waals surface area (Å²) >= 11 is 1.13. The second-order valence-electron chi connectivity index (χ2n) is 5.99. The van der Waals surface area contributed by atoms with E-state index in [1.165, 1.54) is 34.6 Å². The van der Waals surface area contributed by atoms with E-state index in [-0.39, 0.29) is 16.4 Å². The number of hydrogen-bond donors (Lipinski definition) is 2. The van der Waals surface area contributed by atoms with Crippen LogP contribution in [0, 0.1) is 5.82 Å². The molecule has 0 radical (unpaired) electrons. The Morgan fingerprint density at radius 1 is 1.19 bits per heavy atom. The molecule has 1 fully saturated rings. The quantitative estimate of drug-likeness (QED) is 0.734. The molecule has 1 aromatic carbocycles. The standard InChI is InChI=1S/C17H18FN3O4S2/c18-13-6-1-2-7-14(13)20-17(23)16(22)19-11-12-5-3-9-21(12)27(24,25)15-8-4-10-26-15/h1-2,4,6-8,10,12H,3,5,9,11H2,(H,19,22)(H,20,23)/t12-/m1/s1. The third-order valence-electron chi connectivity index (χ3n) is 4.21. The van der Waals surface area contributed by atoms with E-state index >= 15 is 0 Å². The van der Waals surface area contributed by atoms with Gasteiger partial charge in [0.05, 0.1) is 5.69 Å². The first-order valence-electron chi connectivity index (χ1n) is 8.28. The molecule has 1 aliphatic rings. The first kappa shape index (κ1) is 19.5. The highest BCUT2D eigenvalue weighted by atomic mass is 32.2. The third-order valence-corrected chi connectivity index (χ3v) is 7.53. The molecular weight excluding hydrogens is 393 g/mol. The predicted octanol–water partition coefficient (Wildman–Crippen LogP) is 1.80. The summed E-state index contributed by atoms with van der Waals surface area (Å²) in [5.74, 6) is -2.60. The Morgan fingerprint density at radius 3 is 2.67 bits per heavy atom. The molecule has 0 unspecified atom stereocenters. The second-order valence-corrected chi connectivity index (χ2v) is 9.05. The van der Waals surface area contributed by atoms with Crippen molar-refractivity contribution < 1.29 is 22.4 Å². The molecule has 2 amide bonds. The van der Waals surface area contributed by atoms with Crippen LogP contribution in [0.4, 0.5) is 10.1 Å². The van der Waals surface area contributed by atoms with Crippen molar-refractivity contribution in [3.05, 3.63) is 47.6 Å². The van der Waals surface area contributed by atoms with Gasteiger partial charge in [-0.2, -0.15) is 4.31 Å². The molecule has 0 saturated carbocycles. The zero-order chi connectivity index (χ0) is 19.4. The van der Waals surface area contributed by atoms with Crippen molar-refractivity contribution in [2.45, 2.75) is 23.1 Å². The van der Waals surface area contributed by atoms with E-state index < -0.39 is 33.7 Å². The lowest BCUT2D eigenvalue weighted by Crippen LogP contribution is -2.45. The number of carbonyl (C=O) groups is 2. The van der Waals surface area contributed by atoms with Crippen LogP contribution >= 0.6 is 11.3 Å². The summed E-state index contributed by atoms with van der Waals surface area (Å²) in [5.41, 5.74) is -0.0968. The van der Waals surface area contributed by atoms with Gasteiger partial charge in [0.15, 0.2) is 0 Å². The molecule has 2 heterocycles. The van der Waals surface area contributed by atoms with Gasteiger partial charge in [0.2, 0.25) is 0 Å². The summed E-state index contributed by atoms with van der Waals surface area (Å²) < 4.78 is 40.5. The molecule has 2 N–H and O–H groups in total. The maximum atomic E-state index is 13.5.